The summed E-state index contributed by atoms with van der Waals surface area (Å²) in [6.07, 6.45) is 6.36. The van der Waals surface area contributed by atoms with E-state index < -0.39 is 0 Å². The number of carbonyl (C=O) groups is 1. The van der Waals surface area contributed by atoms with E-state index in [1.165, 1.54) is 23.3 Å². The van der Waals surface area contributed by atoms with E-state index in [9.17, 15) is 4.79 Å². The van der Waals surface area contributed by atoms with E-state index in [2.05, 4.69) is 42.7 Å². The van der Waals surface area contributed by atoms with Gasteiger partial charge in [-0.15, -0.1) is 11.3 Å². The molecule has 0 bridgehead atoms. The van der Waals surface area contributed by atoms with Crippen LogP contribution in [-0.4, -0.2) is 17.7 Å². The Balaban J connectivity index is 1.87. The quantitative estimate of drug-likeness (QED) is 0.362. The van der Waals surface area contributed by atoms with Crippen LogP contribution in [0.4, 0.5) is 10.7 Å². The average Bonchev–Trinajstić information content (AvgIpc) is 2.84. The Hall–Kier alpha value is -1.92. The summed E-state index contributed by atoms with van der Waals surface area (Å²) >= 11 is 7.24. The van der Waals surface area contributed by atoms with E-state index >= 15 is 0 Å². The molecule has 0 amide bonds. The van der Waals surface area contributed by atoms with Gasteiger partial charge in [0.1, 0.15) is 5.00 Å². The van der Waals surface area contributed by atoms with Gasteiger partial charge in [-0.1, -0.05) is 31.5 Å². The third kappa shape index (κ3) is 4.55. The summed E-state index contributed by atoms with van der Waals surface area (Å²) in [5.41, 5.74) is 5.23. The first kappa shape index (κ1) is 20.8. The molecule has 150 valence electrons. The zero-order chi connectivity index (χ0) is 20.1. The van der Waals surface area contributed by atoms with Gasteiger partial charge in [0.25, 0.3) is 0 Å². The molecule has 0 atom stereocenters. The normalized spacial score (nSPS) is 13.4. The van der Waals surface area contributed by atoms with E-state index in [0.29, 0.717) is 17.3 Å². The number of thiocarbonyl (C=S) groups is 1. The molecule has 1 heterocycles. The molecule has 0 fully saturated rings. The van der Waals surface area contributed by atoms with Gasteiger partial charge in [0.15, 0.2) is 5.11 Å². The zero-order valence-electron chi connectivity index (χ0n) is 16.8. The summed E-state index contributed by atoms with van der Waals surface area (Å²) < 4.78 is 5.35. The number of para-hydroxylation sites is 1. The highest BCUT2D eigenvalue weighted by Crippen LogP contribution is 2.38. The van der Waals surface area contributed by atoms with Crippen molar-refractivity contribution >= 4 is 45.3 Å². The van der Waals surface area contributed by atoms with Crippen molar-refractivity contribution in [3.05, 3.63) is 45.3 Å². The second-order valence-electron chi connectivity index (χ2n) is 7.03. The monoisotopic (exact) mass is 416 g/mol. The van der Waals surface area contributed by atoms with Crippen LogP contribution in [0.1, 0.15) is 65.0 Å². The first-order valence-electron chi connectivity index (χ1n) is 10.0. The smallest absolute Gasteiger partial charge is 0.341 e. The second-order valence-corrected chi connectivity index (χ2v) is 8.54. The zero-order valence-corrected chi connectivity index (χ0v) is 18.4. The lowest BCUT2D eigenvalue weighted by molar-refractivity contribution is 0.0527. The maximum atomic E-state index is 12.7. The van der Waals surface area contributed by atoms with Gasteiger partial charge < -0.3 is 15.4 Å². The Morgan fingerprint density at radius 2 is 1.96 bits per heavy atom. The third-order valence-corrected chi connectivity index (χ3v) is 6.52. The molecule has 0 radical (unpaired) electrons. The van der Waals surface area contributed by atoms with Gasteiger partial charge in [-0.05, 0) is 74.9 Å². The van der Waals surface area contributed by atoms with E-state index in [1.54, 1.807) is 11.3 Å². The van der Waals surface area contributed by atoms with Crippen molar-refractivity contribution in [3.63, 3.8) is 0 Å². The molecule has 1 aliphatic carbocycles. The van der Waals surface area contributed by atoms with Gasteiger partial charge in [0, 0.05) is 10.6 Å². The van der Waals surface area contributed by atoms with E-state index in [0.717, 1.165) is 47.5 Å². The van der Waals surface area contributed by atoms with Crippen LogP contribution in [0, 0.1) is 6.92 Å². The van der Waals surface area contributed by atoms with Crippen LogP contribution >= 0.6 is 23.6 Å². The molecule has 3 rings (SSSR count). The summed E-state index contributed by atoms with van der Waals surface area (Å²) in [5.74, 6) is -0.252. The number of hydrogen-bond acceptors (Lipinski definition) is 4. The number of ether oxygens (including phenoxy) is 1. The average molecular weight is 417 g/mol. The van der Waals surface area contributed by atoms with E-state index in [4.69, 9.17) is 17.0 Å². The minimum atomic E-state index is -0.252. The van der Waals surface area contributed by atoms with Crippen LogP contribution < -0.4 is 10.6 Å². The van der Waals surface area contributed by atoms with Crippen molar-refractivity contribution in [1.29, 1.82) is 0 Å². The standard InChI is InChI=1S/C22H28N2O2S2/c1-4-15-11-9-10-14(3)19(15)23-22(27)24-20-18(21(25)26-5-2)16-12-7-6-8-13-17(16)28-20/h9-11H,4-8,12-13H2,1-3H3,(H2,23,24,27). The van der Waals surface area contributed by atoms with Crippen LogP contribution in [-0.2, 0) is 24.0 Å². The van der Waals surface area contributed by atoms with Crippen molar-refractivity contribution < 1.29 is 9.53 Å². The fourth-order valence-corrected chi connectivity index (χ4v) is 5.25. The molecule has 0 saturated carbocycles. The van der Waals surface area contributed by atoms with Gasteiger partial charge in [-0.25, -0.2) is 4.79 Å². The first-order chi connectivity index (χ1) is 13.5. The van der Waals surface area contributed by atoms with Crippen LogP contribution in [0.15, 0.2) is 18.2 Å². The van der Waals surface area contributed by atoms with Crippen LogP contribution in [0.2, 0.25) is 0 Å². The molecular formula is C22H28N2O2S2. The molecule has 1 aromatic carbocycles. The number of nitrogens with one attached hydrogen (secondary N) is 2. The number of anilines is 2. The maximum Gasteiger partial charge on any atom is 0.341 e. The molecule has 4 nitrogen and oxygen atoms in total. The third-order valence-electron chi connectivity index (χ3n) is 5.11. The Morgan fingerprint density at radius 3 is 2.71 bits per heavy atom. The lowest BCUT2D eigenvalue weighted by atomic mass is 10.1. The fraction of sp³-hybridized carbons (Fsp3) is 0.455. The Labute approximate surface area is 176 Å². The molecule has 0 spiro atoms. The van der Waals surface area contributed by atoms with Crippen LogP contribution in [0.25, 0.3) is 0 Å². The van der Waals surface area contributed by atoms with Crippen LogP contribution in [0.3, 0.4) is 0 Å². The van der Waals surface area contributed by atoms with E-state index in [1.807, 2.05) is 6.92 Å². The van der Waals surface area contributed by atoms with Crippen molar-refractivity contribution in [1.82, 2.24) is 0 Å². The molecular weight excluding hydrogens is 388 g/mol. The van der Waals surface area contributed by atoms with Gasteiger partial charge in [-0.3, -0.25) is 0 Å². The Bertz CT molecular complexity index is 874. The predicted octanol–water partition coefficient (Wildman–Crippen LogP) is 5.87. The molecule has 0 saturated heterocycles. The summed E-state index contributed by atoms with van der Waals surface area (Å²) in [6, 6.07) is 6.24. The van der Waals surface area contributed by atoms with Crippen LogP contribution in [0.5, 0.6) is 0 Å². The lowest BCUT2D eigenvalue weighted by Crippen LogP contribution is -2.21. The van der Waals surface area contributed by atoms with Crippen molar-refractivity contribution in [3.8, 4) is 0 Å². The SMILES string of the molecule is CCOC(=O)c1c(NC(=S)Nc2c(C)cccc2CC)sc2c1CCCCC2. The van der Waals surface area contributed by atoms with E-state index in [-0.39, 0.29) is 5.97 Å². The number of fused-ring (bicyclic) bond motifs is 1. The number of carbonyl (C=O) groups excluding carboxylic acids is 1. The number of aryl methyl sites for hydroxylation is 3. The summed E-state index contributed by atoms with van der Waals surface area (Å²) in [5, 5.41) is 7.94. The first-order valence-corrected chi connectivity index (χ1v) is 11.3. The van der Waals surface area contributed by atoms with Crippen molar-refractivity contribution in [2.75, 3.05) is 17.2 Å². The van der Waals surface area contributed by atoms with Gasteiger partial charge in [0.2, 0.25) is 0 Å². The fourth-order valence-electron chi connectivity index (χ4n) is 3.70. The van der Waals surface area contributed by atoms with Crippen molar-refractivity contribution in [2.24, 2.45) is 0 Å². The second kappa shape index (κ2) is 9.52. The summed E-state index contributed by atoms with van der Waals surface area (Å²) in [7, 11) is 0. The summed E-state index contributed by atoms with van der Waals surface area (Å²) in [4.78, 5) is 14.0. The van der Waals surface area contributed by atoms with Gasteiger partial charge in [-0.2, -0.15) is 0 Å². The summed E-state index contributed by atoms with van der Waals surface area (Å²) in [6.45, 7) is 6.41. The molecule has 0 aliphatic heterocycles. The topological polar surface area (TPSA) is 50.4 Å². The molecule has 2 aromatic rings. The number of rotatable bonds is 5. The largest absolute Gasteiger partial charge is 0.462 e. The Morgan fingerprint density at radius 1 is 1.18 bits per heavy atom. The minimum absolute atomic E-state index is 0.252. The molecule has 1 aromatic heterocycles. The van der Waals surface area contributed by atoms with Crippen molar-refractivity contribution in [2.45, 2.75) is 59.3 Å². The highest BCUT2D eigenvalue weighted by molar-refractivity contribution is 7.80. The number of esters is 1. The predicted molar refractivity (Wildman–Crippen MR) is 122 cm³/mol. The highest BCUT2D eigenvalue weighted by atomic mass is 32.1. The maximum absolute atomic E-state index is 12.7. The molecule has 0 unspecified atom stereocenters. The minimum Gasteiger partial charge on any atom is -0.462 e. The van der Waals surface area contributed by atoms with Gasteiger partial charge >= 0.3 is 5.97 Å². The molecule has 2 N–H and O–H groups in total. The highest BCUT2D eigenvalue weighted by Gasteiger charge is 2.26. The number of thiophene rings is 1. The molecule has 28 heavy (non-hydrogen) atoms. The lowest BCUT2D eigenvalue weighted by Gasteiger charge is -2.16. The number of hydrogen-bond donors (Lipinski definition) is 2. The van der Waals surface area contributed by atoms with Gasteiger partial charge in [0.05, 0.1) is 12.2 Å². The molecule has 1 aliphatic rings. The molecule has 6 heteroatoms. The Kier molecular flexibility index (Phi) is 7.08. The number of benzene rings is 1.